The molecule has 0 spiro atoms. The summed E-state index contributed by atoms with van der Waals surface area (Å²) in [6.07, 6.45) is 3.04. The quantitative estimate of drug-likeness (QED) is 0.766. The fourth-order valence-corrected chi connectivity index (χ4v) is 1.32. The predicted octanol–water partition coefficient (Wildman–Crippen LogP) is 2.45. The minimum Gasteiger partial charge on any atom is -0.310 e. The maximum absolute atomic E-state index is 4.17. The third-order valence-electron chi connectivity index (χ3n) is 2.12. The molecule has 1 unspecified atom stereocenters. The molecule has 0 fully saturated rings. The summed E-state index contributed by atoms with van der Waals surface area (Å²) in [6, 6.07) is 4.63. The number of aromatic nitrogens is 1. The molecule has 0 bridgehead atoms. The molecular weight excluding hydrogens is 160 g/mol. The van der Waals surface area contributed by atoms with Gasteiger partial charge in [-0.25, -0.2) is 0 Å². The molecule has 13 heavy (non-hydrogen) atoms. The van der Waals surface area contributed by atoms with Gasteiger partial charge in [-0.15, -0.1) is 0 Å². The lowest BCUT2D eigenvalue weighted by Gasteiger charge is -2.13. The van der Waals surface area contributed by atoms with E-state index in [1.807, 2.05) is 13.1 Å². The van der Waals surface area contributed by atoms with Gasteiger partial charge in [0.15, 0.2) is 0 Å². The van der Waals surface area contributed by atoms with E-state index >= 15 is 0 Å². The van der Waals surface area contributed by atoms with Crippen molar-refractivity contribution in [3.8, 4) is 0 Å². The predicted molar refractivity (Wildman–Crippen MR) is 55.7 cm³/mol. The van der Waals surface area contributed by atoms with Crippen LogP contribution < -0.4 is 5.32 Å². The van der Waals surface area contributed by atoms with Crippen molar-refractivity contribution in [3.05, 3.63) is 29.6 Å². The number of rotatable bonds is 4. The van der Waals surface area contributed by atoms with Crippen molar-refractivity contribution in [2.75, 3.05) is 6.54 Å². The SMILES string of the molecule is CCCNC(C)c1ccnc(C)c1. The normalized spacial score (nSPS) is 12.8. The Bertz CT molecular complexity index is 258. The van der Waals surface area contributed by atoms with Crippen LogP contribution >= 0.6 is 0 Å². The molecule has 0 saturated heterocycles. The van der Waals surface area contributed by atoms with Gasteiger partial charge in [0, 0.05) is 17.9 Å². The lowest BCUT2D eigenvalue weighted by Crippen LogP contribution is -2.19. The van der Waals surface area contributed by atoms with Gasteiger partial charge in [0.2, 0.25) is 0 Å². The van der Waals surface area contributed by atoms with E-state index in [4.69, 9.17) is 0 Å². The van der Waals surface area contributed by atoms with Crippen molar-refractivity contribution in [3.63, 3.8) is 0 Å². The molecule has 1 aromatic heterocycles. The molecule has 0 saturated carbocycles. The number of nitrogens with one attached hydrogen (secondary N) is 1. The van der Waals surface area contributed by atoms with Crippen LogP contribution in [0.5, 0.6) is 0 Å². The van der Waals surface area contributed by atoms with E-state index in [0.717, 1.165) is 12.2 Å². The molecule has 1 aromatic rings. The number of hydrogen-bond donors (Lipinski definition) is 1. The Kier molecular flexibility index (Phi) is 3.90. The molecular formula is C11H18N2. The molecule has 0 aliphatic rings. The van der Waals surface area contributed by atoms with Crippen molar-refractivity contribution in [2.24, 2.45) is 0 Å². The summed E-state index contributed by atoms with van der Waals surface area (Å²) in [5, 5.41) is 3.45. The highest BCUT2D eigenvalue weighted by Crippen LogP contribution is 2.11. The first-order chi connectivity index (χ1) is 6.24. The highest BCUT2D eigenvalue weighted by Gasteiger charge is 2.03. The minimum absolute atomic E-state index is 0.432. The van der Waals surface area contributed by atoms with Crippen LogP contribution in [0.3, 0.4) is 0 Å². The van der Waals surface area contributed by atoms with Crippen LogP contribution in [0.15, 0.2) is 18.3 Å². The number of hydrogen-bond acceptors (Lipinski definition) is 2. The highest BCUT2D eigenvalue weighted by molar-refractivity contribution is 5.18. The van der Waals surface area contributed by atoms with Crippen LogP contribution in [0.2, 0.25) is 0 Å². The third-order valence-corrected chi connectivity index (χ3v) is 2.12. The average Bonchev–Trinajstić information content (AvgIpc) is 2.14. The highest BCUT2D eigenvalue weighted by atomic mass is 14.9. The Balaban J connectivity index is 2.60. The molecule has 1 atom stereocenters. The van der Waals surface area contributed by atoms with E-state index in [2.05, 4.69) is 36.3 Å². The lowest BCUT2D eigenvalue weighted by atomic mass is 10.1. The number of pyridine rings is 1. The number of nitrogens with zero attached hydrogens (tertiary/aromatic N) is 1. The van der Waals surface area contributed by atoms with Crippen molar-refractivity contribution >= 4 is 0 Å². The van der Waals surface area contributed by atoms with Gasteiger partial charge in [0.05, 0.1) is 0 Å². The topological polar surface area (TPSA) is 24.9 Å². The van der Waals surface area contributed by atoms with E-state index in [1.54, 1.807) is 0 Å². The summed E-state index contributed by atoms with van der Waals surface area (Å²) >= 11 is 0. The first-order valence-corrected chi connectivity index (χ1v) is 4.90. The molecule has 0 amide bonds. The van der Waals surface area contributed by atoms with Crippen LogP contribution in [0.25, 0.3) is 0 Å². The summed E-state index contributed by atoms with van der Waals surface area (Å²) < 4.78 is 0. The third kappa shape index (κ3) is 3.15. The zero-order chi connectivity index (χ0) is 9.68. The van der Waals surface area contributed by atoms with E-state index in [9.17, 15) is 0 Å². The van der Waals surface area contributed by atoms with Crippen molar-refractivity contribution in [2.45, 2.75) is 33.2 Å². The Morgan fingerprint density at radius 3 is 2.92 bits per heavy atom. The van der Waals surface area contributed by atoms with Crippen LogP contribution in [-0.4, -0.2) is 11.5 Å². The smallest absolute Gasteiger partial charge is 0.0375 e. The molecule has 0 aliphatic heterocycles. The fourth-order valence-electron chi connectivity index (χ4n) is 1.32. The Morgan fingerprint density at radius 2 is 2.31 bits per heavy atom. The Labute approximate surface area is 80.4 Å². The van der Waals surface area contributed by atoms with Crippen LogP contribution in [0.4, 0.5) is 0 Å². The summed E-state index contributed by atoms with van der Waals surface area (Å²) in [7, 11) is 0. The van der Waals surface area contributed by atoms with Gasteiger partial charge in [0.25, 0.3) is 0 Å². The lowest BCUT2D eigenvalue weighted by molar-refractivity contribution is 0.570. The second kappa shape index (κ2) is 4.97. The summed E-state index contributed by atoms with van der Waals surface area (Å²) in [5.74, 6) is 0. The Morgan fingerprint density at radius 1 is 1.54 bits per heavy atom. The zero-order valence-corrected chi connectivity index (χ0v) is 8.67. The van der Waals surface area contributed by atoms with E-state index < -0.39 is 0 Å². The molecule has 0 aromatic carbocycles. The maximum Gasteiger partial charge on any atom is 0.0375 e. The van der Waals surface area contributed by atoms with Gasteiger partial charge in [0.1, 0.15) is 0 Å². The number of aryl methyl sites for hydroxylation is 1. The van der Waals surface area contributed by atoms with Gasteiger partial charge >= 0.3 is 0 Å². The standard InChI is InChI=1S/C11H18N2/c1-4-6-13-10(3)11-5-7-12-9(2)8-11/h5,7-8,10,13H,4,6H2,1-3H3. The van der Waals surface area contributed by atoms with Crippen LogP contribution in [0.1, 0.15) is 37.6 Å². The first kappa shape index (κ1) is 10.2. The molecule has 0 aliphatic carbocycles. The zero-order valence-electron chi connectivity index (χ0n) is 8.67. The molecule has 72 valence electrons. The molecule has 0 radical (unpaired) electrons. The van der Waals surface area contributed by atoms with Gasteiger partial charge in [-0.05, 0) is 44.5 Å². The van der Waals surface area contributed by atoms with Crippen molar-refractivity contribution in [1.82, 2.24) is 10.3 Å². The maximum atomic E-state index is 4.17. The summed E-state index contributed by atoms with van der Waals surface area (Å²) in [4.78, 5) is 4.17. The van der Waals surface area contributed by atoms with Gasteiger partial charge in [-0.2, -0.15) is 0 Å². The van der Waals surface area contributed by atoms with E-state index in [0.29, 0.717) is 6.04 Å². The molecule has 1 rings (SSSR count). The summed E-state index contributed by atoms with van der Waals surface area (Å²) in [6.45, 7) is 7.46. The summed E-state index contributed by atoms with van der Waals surface area (Å²) in [5.41, 5.74) is 2.41. The van der Waals surface area contributed by atoms with Gasteiger partial charge in [-0.3, -0.25) is 4.98 Å². The van der Waals surface area contributed by atoms with Gasteiger partial charge in [-0.1, -0.05) is 6.92 Å². The molecule has 1 heterocycles. The average molecular weight is 178 g/mol. The van der Waals surface area contributed by atoms with E-state index in [-0.39, 0.29) is 0 Å². The van der Waals surface area contributed by atoms with Crippen molar-refractivity contribution in [1.29, 1.82) is 0 Å². The van der Waals surface area contributed by atoms with Gasteiger partial charge < -0.3 is 5.32 Å². The second-order valence-corrected chi connectivity index (χ2v) is 3.41. The minimum atomic E-state index is 0.432. The van der Waals surface area contributed by atoms with Crippen molar-refractivity contribution < 1.29 is 0 Å². The fraction of sp³-hybridized carbons (Fsp3) is 0.545. The Hall–Kier alpha value is -0.890. The first-order valence-electron chi connectivity index (χ1n) is 4.90. The second-order valence-electron chi connectivity index (χ2n) is 3.41. The van der Waals surface area contributed by atoms with Crippen LogP contribution in [-0.2, 0) is 0 Å². The largest absolute Gasteiger partial charge is 0.310 e. The van der Waals surface area contributed by atoms with Crippen LogP contribution in [0, 0.1) is 6.92 Å². The monoisotopic (exact) mass is 178 g/mol. The molecule has 2 heteroatoms. The molecule has 2 nitrogen and oxygen atoms in total. The molecule has 1 N–H and O–H groups in total. The van der Waals surface area contributed by atoms with E-state index in [1.165, 1.54) is 12.0 Å².